The van der Waals surface area contributed by atoms with Crippen LogP contribution in [0, 0.1) is 0 Å². The highest BCUT2D eigenvalue weighted by atomic mass is 28.3. The molecule has 2 rings (SSSR count). The Kier molecular flexibility index (Phi) is 9.27. The van der Waals surface area contributed by atoms with Crippen molar-refractivity contribution >= 4 is 19.7 Å². The monoisotopic (exact) mass is 501 g/mol. The van der Waals surface area contributed by atoms with Crippen molar-refractivity contribution in [3.8, 4) is 5.75 Å². The summed E-state index contributed by atoms with van der Waals surface area (Å²) in [4.78, 5) is 25.4. The first-order valence-corrected chi connectivity index (χ1v) is 14.3. The molecule has 0 amide bonds. The summed E-state index contributed by atoms with van der Waals surface area (Å²) in [5.74, 6) is -0.176. The van der Waals surface area contributed by atoms with Gasteiger partial charge in [0.1, 0.15) is 24.7 Å². The summed E-state index contributed by atoms with van der Waals surface area (Å²) in [6.45, 7) is 6.47. The normalized spacial score (nSPS) is 11.9. The number of anilines is 1. The number of alkyl halides is 3. The number of rotatable bonds is 11. The summed E-state index contributed by atoms with van der Waals surface area (Å²) in [5.41, 5.74) is -2.65. The van der Waals surface area contributed by atoms with E-state index in [0.717, 1.165) is 12.2 Å². The molecular weight excluding hydrogens is 471 g/mol. The van der Waals surface area contributed by atoms with Gasteiger partial charge < -0.3 is 19.1 Å². The summed E-state index contributed by atoms with van der Waals surface area (Å²) in [5, 5.41) is 3.87. The van der Waals surface area contributed by atoms with Crippen molar-refractivity contribution in [1.29, 1.82) is 0 Å². The van der Waals surface area contributed by atoms with Crippen LogP contribution >= 0.6 is 0 Å². The van der Waals surface area contributed by atoms with Crippen molar-refractivity contribution in [3.05, 3.63) is 51.9 Å². The number of nitrogens with zero attached hydrogens (tertiary/aromatic N) is 3. The molecule has 2 aromatic rings. The summed E-state index contributed by atoms with van der Waals surface area (Å²) < 4.78 is 57.5. The maximum Gasteiger partial charge on any atom is 0.423 e. The Labute approximate surface area is 197 Å². The number of methoxy groups -OCH3 is 1. The van der Waals surface area contributed by atoms with Gasteiger partial charge >= 0.3 is 12.1 Å². The Morgan fingerprint density at radius 2 is 1.91 bits per heavy atom. The number of hydrogen-bond donors (Lipinski definition) is 0. The SMILES string of the molecule is COC(=O)c1cccc(OCCN(C)c2cnn(COCC[Si](C)(C)C)c(=O)c2C(F)(F)F)c1. The van der Waals surface area contributed by atoms with E-state index in [4.69, 9.17) is 9.47 Å². The minimum absolute atomic E-state index is 0.00130. The van der Waals surface area contributed by atoms with Gasteiger partial charge in [0, 0.05) is 21.7 Å². The Balaban J connectivity index is 2.10. The maximum atomic E-state index is 13.8. The van der Waals surface area contributed by atoms with Crippen LogP contribution in [0.15, 0.2) is 35.3 Å². The molecule has 1 aromatic carbocycles. The number of carbonyl (C=O) groups is 1. The molecule has 1 aromatic heterocycles. The number of aromatic nitrogens is 2. The number of benzene rings is 1. The third-order valence-electron chi connectivity index (χ3n) is 4.88. The highest BCUT2D eigenvalue weighted by Gasteiger charge is 2.39. The van der Waals surface area contributed by atoms with E-state index in [9.17, 15) is 22.8 Å². The molecule has 0 unspecified atom stereocenters. The van der Waals surface area contributed by atoms with Crippen LogP contribution in [0.5, 0.6) is 5.75 Å². The first-order chi connectivity index (χ1) is 15.8. The Morgan fingerprint density at radius 1 is 1.21 bits per heavy atom. The first-order valence-electron chi connectivity index (χ1n) is 10.6. The topological polar surface area (TPSA) is 82.9 Å². The predicted octanol–water partition coefficient (Wildman–Crippen LogP) is 3.88. The van der Waals surface area contributed by atoms with Gasteiger partial charge in [-0.05, 0) is 24.2 Å². The number of carbonyl (C=O) groups excluding carboxylic acids is 1. The Morgan fingerprint density at radius 3 is 2.53 bits per heavy atom. The smallest absolute Gasteiger partial charge is 0.423 e. The number of hydrogen-bond acceptors (Lipinski definition) is 7. The fourth-order valence-electron chi connectivity index (χ4n) is 2.91. The van der Waals surface area contributed by atoms with E-state index < -0.39 is 31.3 Å². The number of halogens is 3. The van der Waals surface area contributed by atoms with E-state index in [1.807, 2.05) is 0 Å². The molecule has 0 N–H and O–H groups in total. The standard InChI is InChI=1S/C22H30F3N3O5Si/c1-27(9-10-33-17-8-6-7-16(13-17)21(30)31-2)18-14-26-28(15-32-11-12-34(3,4)5)20(29)19(18)22(23,24)25/h6-8,13-14H,9-12,15H2,1-5H3. The third kappa shape index (κ3) is 7.87. The zero-order chi connectivity index (χ0) is 25.5. The van der Waals surface area contributed by atoms with Crippen LogP contribution in [0.25, 0.3) is 0 Å². The van der Waals surface area contributed by atoms with E-state index in [1.165, 1.54) is 25.1 Å². The number of esters is 1. The lowest BCUT2D eigenvalue weighted by molar-refractivity contribution is -0.138. The molecule has 0 radical (unpaired) electrons. The molecule has 12 heteroatoms. The van der Waals surface area contributed by atoms with Crippen LogP contribution in [0.4, 0.5) is 18.9 Å². The lowest BCUT2D eigenvalue weighted by Gasteiger charge is -2.23. The molecule has 0 spiro atoms. The van der Waals surface area contributed by atoms with E-state index in [0.29, 0.717) is 17.0 Å². The van der Waals surface area contributed by atoms with Crippen molar-refractivity contribution in [2.75, 3.05) is 38.8 Å². The summed E-state index contributed by atoms with van der Waals surface area (Å²) >= 11 is 0. The van der Waals surface area contributed by atoms with Crippen LogP contribution in [0.3, 0.4) is 0 Å². The molecule has 0 fully saturated rings. The number of likely N-dealkylation sites (N-methyl/N-ethyl adjacent to an activating group) is 1. The molecular formula is C22H30F3N3O5Si. The quantitative estimate of drug-likeness (QED) is 0.263. The number of ether oxygens (including phenoxy) is 3. The molecule has 0 aliphatic heterocycles. The molecule has 8 nitrogen and oxygen atoms in total. The van der Waals surface area contributed by atoms with E-state index >= 15 is 0 Å². The summed E-state index contributed by atoms with van der Waals surface area (Å²) in [7, 11) is 1.29. The van der Waals surface area contributed by atoms with E-state index in [2.05, 4.69) is 29.5 Å². The largest absolute Gasteiger partial charge is 0.492 e. The molecule has 34 heavy (non-hydrogen) atoms. The molecule has 1 heterocycles. The lowest BCUT2D eigenvalue weighted by atomic mass is 10.2. The van der Waals surface area contributed by atoms with Crippen LogP contribution in [-0.2, 0) is 22.4 Å². The second kappa shape index (κ2) is 11.5. The van der Waals surface area contributed by atoms with Gasteiger partial charge in [0.05, 0.1) is 31.1 Å². The molecule has 0 saturated carbocycles. The van der Waals surface area contributed by atoms with Gasteiger partial charge in [0.2, 0.25) is 0 Å². The highest BCUT2D eigenvalue weighted by Crippen LogP contribution is 2.33. The van der Waals surface area contributed by atoms with Gasteiger partial charge in [-0.25, -0.2) is 9.48 Å². The van der Waals surface area contributed by atoms with E-state index in [1.54, 1.807) is 18.2 Å². The molecule has 0 bridgehead atoms. The van der Waals surface area contributed by atoms with Gasteiger partial charge in [-0.15, -0.1) is 0 Å². The van der Waals surface area contributed by atoms with Gasteiger partial charge in [0.15, 0.2) is 0 Å². The summed E-state index contributed by atoms with van der Waals surface area (Å²) in [6, 6.07) is 7.05. The third-order valence-corrected chi connectivity index (χ3v) is 6.58. The lowest BCUT2D eigenvalue weighted by Crippen LogP contribution is -2.36. The second-order valence-electron chi connectivity index (χ2n) is 8.84. The predicted molar refractivity (Wildman–Crippen MR) is 124 cm³/mol. The second-order valence-corrected chi connectivity index (χ2v) is 14.5. The van der Waals surface area contributed by atoms with Crippen LogP contribution in [-0.4, -0.2) is 57.7 Å². The first kappa shape index (κ1) is 27.4. The molecule has 0 aliphatic carbocycles. The van der Waals surface area contributed by atoms with Gasteiger partial charge in [-0.3, -0.25) is 4.79 Å². The van der Waals surface area contributed by atoms with Crippen LogP contribution < -0.4 is 15.2 Å². The van der Waals surface area contributed by atoms with Crippen molar-refractivity contribution in [2.24, 2.45) is 0 Å². The zero-order valence-corrected chi connectivity index (χ0v) is 20.9. The van der Waals surface area contributed by atoms with Crippen molar-refractivity contribution in [2.45, 2.75) is 38.6 Å². The minimum atomic E-state index is -4.88. The average Bonchev–Trinajstić information content (AvgIpc) is 2.75. The Bertz CT molecular complexity index is 1040. The maximum absolute atomic E-state index is 13.8. The zero-order valence-electron chi connectivity index (χ0n) is 19.9. The fourth-order valence-corrected chi connectivity index (χ4v) is 3.67. The van der Waals surface area contributed by atoms with Crippen molar-refractivity contribution in [1.82, 2.24) is 9.78 Å². The molecule has 0 saturated heterocycles. The molecule has 0 atom stereocenters. The van der Waals surface area contributed by atoms with Gasteiger partial charge in [-0.2, -0.15) is 18.3 Å². The van der Waals surface area contributed by atoms with Crippen LogP contribution in [0.2, 0.25) is 25.7 Å². The van der Waals surface area contributed by atoms with Gasteiger partial charge in [-0.1, -0.05) is 25.7 Å². The molecule has 0 aliphatic rings. The average molecular weight is 502 g/mol. The van der Waals surface area contributed by atoms with Gasteiger partial charge in [0.25, 0.3) is 5.56 Å². The van der Waals surface area contributed by atoms with Crippen molar-refractivity contribution in [3.63, 3.8) is 0 Å². The van der Waals surface area contributed by atoms with Crippen LogP contribution in [0.1, 0.15) is 15.9 Å². The van der Waals surface area contributed by atoms with Crippen molar-refractivity contribution < 1.29 is 32.2 Å². The summed E-state index contributed by atoms with van der Waals surface area (Å²) in [6.07, 6.45) is -3.87. The Hall–Kier alpha value is -2.86. The highest BCUT2D eigenvalue weighted by molar-refractivity contribution is 6.76. The van der Waals surface area contributed by atoms with E-state index in [-0.39, 0.29) is 31.1 Å². The molecule has 188 valence electrons. The fraction of sp³-hybridized carbons (Fsp3) is 0.500. The minimum Gasteiger partial charge on any atom is -0.492 e.